The van der Waals surface area contributed by atoms with Crippen molar-refractivity contribution < 1.29 is 13.2 Å². The second-order valence-corrected chi connectivity index (χ2v) is 9.06. The lowest BCUT2D eigenvalue weighted by Gasteiger charge is -2.36. The molecule has 0 spiro atoms. The fourth-order valence-corrected chi connectivity index (χ4v) is 4.37. The normalized spacial score (nSPS) is 24.3. The van der Waals surface area contributed by atoms with Gasteiger partial charge in [0.05, 0.1) is 6.26 Å². The second-order valence-electron chi connectivity index (χ2n) is 7.23. The first-order valence-electron chi connectivity index (χ1n) is 8.91. The minimum absolute atomic E-state index is 0.0506. The highest BCUT2D eigenvalue weighted by molar-refractivity contribution is 7.88. The Balaban J connectivity index is 1.58. The molecule has 3 aliphatic rings. The molecular formula is C18H27N3O3S. The van der Waals surface area contributed by atoms with Crippen molar-refractivity contribution in [1.29, 1.82) is 0 Å². The Morgan fingerprint density at radius 3 is 2.64 bits per heavy atom. The maximum Gasteiger partial charge on any atom is 0.223 e. The van der Waals surface area contributed by atoms with Gasteiger partial charge in [0.25, 0.3) is 0 Å². The number of fused-ring (bicyclic) bond motifs is 4. The Kier molecular flexibility index (Phi) is 5.76. The summed E-state index contributed by atoms with van der Waals surface area (Å²) >= 11 is 0. The van der Waals surface area contributed by atoms with Crippen LogP contribution in [-0.4, -0.2) is 62.6 Å². The van der Waals surface area contributed by atoms with Gasteiger partial charge in [-0.25, -0.2) is 13.1 Å². The summed E-state index contributed by atoms with van der Waals surface area (Å²) in [5.41, 5.74) is 1.31. The minimum atomic E-state index is -3.24. The van der Waals surface area contributed by atoms with Gasteiger partial charge in [0, 0.05) is 45.2 Å². The van der Waals surface area contributed by atoms with Crippen molar-refractivity contribution in [3.63, 3.8) is 0 Å². The van der Waals surface area contributed by atoms with E-state index in [2.05, 4.69) is 33.9 Å². The summed E-state index contributed by atoms with van der Waals surface area (Å²) in [5.74, 6) is 0.559. The molecule has 0 aromatic heterocycles. The molecule has 3 aliphatic heterocycles. The van der Waals surface area contributed by atoms with Gasteiger partial charge < -0.3 is 4.90 Å². The average Bonchev–Trinajstić information content (AvgIpc) is 2.86. The van der Waals surface area contributed by atoms with E-state index in [0.717, 1.165) is 38.9 Å². The van der Waals surface area contributed by atoms with Crippen LogP contribution in [0, 0.1) is 5.92 Å². The third-order valence-corrected chi connectivity index (χ3v) is 5.84. The fraction of sp³-hybridized carbons (Fsp3) is 0.611. The first kappa shape index (κ1) is 18.4. The van der Waals surface area contributed by atoms with E-state index in [-0.39, 0.29) is 18.9 Å². The van der Waals surface area contributed by atoms with Gasteiger partial charge in [-0.05, 0) is 24.3 Å². The van der Waals surface area contributed by atoms with Gasteiger partial charge >= 0.3 is 0 Å². The highest BCUT2D eigenvalue weighted by atomic mass is 32.2. The van der Waals surface area contributed by atoms with Gasteiger partial charge in [-0.3, -0.25) is 9.69 Å². The monoisotopic (exact) mass is 365 g/mol. The van der Waals surface area contributed by atoms with E-state index in [1.165, 1.54) is 12.0 Å². The predicted molar refractivity (Wildman–Crippen MR) is 97.4 cm³/mol. The topological polar surface area (TPSA) is 69.7 Å². The van der Waals surface area contributed by atoms with Gasteiger partial charge in [0.2, 0.25) is 15.9 Å². The Morgan fingerprint density at radius 2 is 1.92 bits per heavy atom. The Morgan fingerprint density at radius 1 is 1.16 bits per heavy atom. The Labute approximate surface area is 150 Å². The van der Waals surface area contributed by atoms with E-state index < -0.39 is 10.0 Å². The van der Waals surface area contributed by atoms with Crippen molar-refractivity contribution >= 4 is 15.9 Å². The van der Waals surface area contributed by atoms with Crippen LogP contribution in [0.25, 0.3) is 0 Å². The maximum absolute atomic E-state index is 12.5. The van der Waals surface area contributed by atoms with Gasteiger partial charge in [0.15, 0.2) is 0 Å². The van der Waals surface area contributed by atoms with Crippen LogP contribution in [0.5, 0.6) is 0 Å². The average molecular weight is 365 g/mol. The highest BCUT2D eigenvalue weighted by Crippen LogP contribution is 2.29. The molecule has 25 heavy (non-hydrogen) atoms. The molecule has 0 aliphatic carbocycles. The summed E-state index contributed by atoms with van der Waals surface area (Å²) in [6.07, 6.45) is 3.64. The molecule has 7 heteroatoms. The van der Waals surface area contributed by atoms with Crippen molar-refractivity contribution in [3.8, 4) is 0 Å². The molecule has 3 fully saturated rings. The first-order chi connectivity index (χ1) is 11.9. The van der Waals surface area contributed by atoms with Crippen LogP contribution in [-0.2, 0) is 21.4 Å². The predicted octanol–water partition coefficient (Wildman–Crippen LogP) is 1.05. The van der Waals surface area contributed by atoms with Gasteiger partial charge in [-0.15, -0.1) is 0 Å². The minimum Gasteiger partial charge on any atom is -0.341 e. The van der Waals surface area contributed by atoms with Crippen LogP contribution in [0.3, 0.4) is 0 Å². The molecule has 6 nitrogen and oxygen atoms in total. The van der Waals surface area contributed by atoms with Crippen molar-refractivity contribution in [2.75, 3.05) is 32.4 Å². The molecule has 4 rings (SSSR count). The number of hydrogen-bond acceptors (Lipinski definition) is 4. The number of carbonyl (C=O) groups is 1. The number of amides is 1. The molecular weight excluding hydrogens is 338 g/mol. The summed E-state index contributed by atoms with van der Waals surface area (Å²) in [6, 6.07) is 10.9. The molecule has 1 amide bonds. The number of nitrogens with one attached hydrogen (secondary N) is 1. The summed E-state index contributed by atoms with van der Waals surface area (Å²) in [4.78, 5) is 16.9. The van der Waals surface area contributed by atoms with Gasteiger partial charge in [-0.2, -0.15) is 0 Å². The molecule has 2 atom stereocenters. The number of rotatable bonds is 6. The van der Waals surface area contributed by atoms with Gasteiger partial charge in [0.1, 0.15) is 0 Å². The van der Waals surface area contributed by atoms with Crippen LogP contribution in [0.1, 0.15) is 24.8 Å². The van der Waals surface area contributed by atoms with Crippen LogP contribution in [0.15, 0.2) is 30.3 Å². The molecule has 3 heterocycles. The number of sulfonamides is 1. The lowest BCUT2D eigenvalue weighted by Crippen LogP contribution is -2.44. The third kappa shape index (κ3) is 5.26. The standard InChI is InChI=1S/C18H27N3O3S/c1-25(23,24)19-10-9-18(22)21-13-16-7-8-17(14-21)20(12-16)11-15-5-3-2-4-6-15/h2-6,16-17,19H,7-14H2,1H3/t16-,17-/m0/s1. The van der Waals surface area contributed by atoms with Crippen LogP contribution in [0.4, 0.5) is 0 Å². The Bertz CT molecular complexity index is 693. The summed E-state index contributed by atoms with van der Waals surface area (Å²) in [6.45, 7) is 3.68. The smallest absolute Gasteiger partial charge is 0.223 e. The molecule has 0 unspecified atom stereocenters. The van der Waals surface area contributed by atoms with Crippen molar-refractivity contribution in [2.45, 2.75) is 31.8 Å². The zero-order chi connectivity index (χ0) is 17.9. The summed E-state index contributed by atoms with van der Waals surface area (Å²) < 4.78 is 24.7. The fourth-order valence-electron chi connectivity index (χ4n) is 3.90. The van der Waals surface area contributed by atoms with Crippen LogP contribution >= 0.6 is 0 Å². The summed E-state index contributed by atoms with van der Waals surface area (Å²) in [5, 5.41) is 0. The van der Waals surface area contributed by atoms with Crippen LogP contribution < -0.4 is 4.72 Å². The number of benzene rings is 1. The number of nitrogens with zero attached hydrogens (tertiary/aromatic N) is 2. The van der Waals surface area contributed by atoms with E-state index in [1.807, 2.05) is 11.0 Å². The SMILES string of the molecule is CS(=O)(=O)NCCC(=O)N1C[C@H]2CC[C@@H](C1)N(Cc1ccccc1)C2. The number of piperidine rings is 1. The number of hydrogen-bond donors (Lipinski definition) is 1. The second kappa shape index (κ2) is 7.85. The van der Waals surface area contributed by atoms with Gasteiger partial charge in [-0.1, -0.05) is 30.3 Å². The van der Waals surface area contributed by atoms with E-state index in [4.69, 9.17) is 0 Å². The molecule has 138 valence electrons. The van der Waals surface area contributed by atoms with E-state index >= 15 is 0 Å². The van der Waals surface area contributed by atoms with E-state index in [9.17, 15) is 13.2 Å². The maximum atomic E-state index is 12.5. The van der Waals surface area contributed by atoms with Crippen molar-refractivity contribution in [3.05, 3.63) is 35.9 Å². The molecule has 1 N–H and O–H groups in total. The largest absolute Gasteiger partial charge is 0.341 e. The molecule has 0 radical (unpaired) electrons. The van der Waals surface area contributed by atoms with Crippen LogP contribution in [0.2, 0.25) is 0 Å². The number of carbonyl (C=O) groups excluding carboxylic acids is 1. The zero-order valence-electron chi connectivity index (χ0n) is 14.7. The highest BCUT2D eigenvalue weighted by Gasteiger charge is 2.36. The summed E-state index contributed by atoms with van der Waals surface area (Å²) in [7, 11) is -3.24. The molecule has 3 saturated heterocycles. The lowest BCUT2D eigenvalue weighted by molar-refractivity contribution is -0.131. The molecule has 2 bridgehead atoms. The quantitative estimate of drug-likeness (QED) is 0.818. The van der Waals surface area contributed by atoms with Crippen molar-refractivity contribution in [2.24, 2.45) is 5.92 Å². The van der Waals surface area contributed by atoms with Crippen molar-refractivity contribution in [1.82, 2.24) is 14.5 Å². The van der Waals surface area contributed by atoms with E-state index in [0.29, 0.717) is 12.0 Å². The zero-order valence-corrected chi connectivity index (χ0v) is 15.5. The van der Waals surface area contributed by atoms with E-state index in [1.54, 1.807) is 0 Å². The molecule has 1 aromatic rings. The molecule has 0 saturated carbocycles. The first-order valence-corrected chi connectivity index (χ1v) is 10.8. The lowest BCUT2D eigenvalue weighted by atomic mass is 9.94. The Hall–Kier alpha value is -1.44. The molecule has 1 aromatic carbocycles. The third-order valence-electron chi connectivity index (χ3n) is 5.11.